The first kappa shape index (κ1) is 10.1. The molecule has 0 aliphatic rings. The number of thiazole rings is 1. The molecule has 2 rings (SSSR count). The van der Waals surface area contributed by atoms with Gasteiger partial charge in [-0.1, -0.05) is 6.07 Å². The van der Waals surface area contributed by atoms with E-state index in [9.17, 15) is 0 Å². The summed E-state index contributed by atoms with van der Waals surface area (Å²) in [5.74, 6) is 0. The first-order valence-corrected chi connectivity index (χ1v) is 5.59. The monoisotopic (exact) mass is 220 g/mol. The Bertz CT molecular complexity index is 412. The molecule has 0 saturated carbocycles. The van der Waals surface area contributed by atoms with Gasteiger partial charge in [0.15, 0.2) is 5.13 Å². The summed E-state index contributed by atoms with van der Waals surface area (Å²) in [6.45, 7) is 1.35. The summed E-state index contributed by atoms with van der Waals surface area (Å²) in [5.41, 5.74) is 7.20. The third-order valence-electron chi connectivity index (χ3n) is 1.85. The Morgan fingerprint density at radius 1 is 1.33 bits per heavy atom. The quantitative estimate of drug-likeness (QED) is 0.821. The minimum atomic E-state index is 0.610. The van der Waals surface area contributed by atoms with Gasteiger partial charge in [-0.05, 0) is 12.1 Å². The summed E-state index contributed by atoms with van der Waals surface area (Å²) in [4.78, 5) is 8.64. The molecule has 3 N–H and O–H groups in total. The van der Waals surface area contributed by atoms with Gasteiger partial charge in [0.1, 0.15) is 5.69 Å². The number of nitrogens with zero attached hydrogens (tertiary/aromatic N) is 2. The largest absolute Gasteiger partial charge is 0.360 e. The van der Waals surface area contributed by atoms with Crippen LogP contribution in [0.25, 0.3) is 11.4 Å². The topological polar surface area (TPSA) is 63.8 Å². The third-order valence-corrected chi connectivity index (χ3v) is 2.65. The fraction of sp³-hybridized carbons (Fsp3) is 0.200. The molecule has 2 aromatic heterocycles. The van der Waals surface area contributed by atoms with Gasteiger partial charge in [0.05, 0.1) is 5.69 Å². The van der Waals surface area contributed by atoms with Crippen molar-refractivity contribution in [2.24, 2.45) is 5.73 Å². The molecule has 0 atom stereocenters. The SMILES string of the molecule is NCCNc1nc(-c2ccccn2)cs1. The lowest BCUT2D eigenvalue weighted by Gasteiger charge is -1.97. The second kappa shape index (κ2) is 4.86. The minimum absolute atomic E-state index is 0.610. The summed E-state index contributed by atoms with van der Waals surface area (Å²) in [7, 11) is 0. The molecule has 78 valence electrons. The Morgan fingerprint density at radius 2 is 2.27 bits per heavy atom. The fourth-order valence-electron chi connectivity index (χ4n) is 1.17. The van der Waals surface area contributed by atoms with Gasteiger partial charge in [-0.25, -0.2) is 4.98 Å². The molecule has 0 radical (unpaired) electrons. The maximum absolute atomic E-state index is 5.40. The lowest BCUT2D eigenvalue weighted by atomic mass is 10.3. The predicted octanol–water partition coefficient (Wildman–Crippen LogP) is 1.58. The molecule has 0 fully saturated rings. The molecule has 0 bridgehead atoms. The highest BCUT2D eigenvalue weighted by Gasteiger charge is 2.03. The molecule has 0 saturated heterocycles. The highest BCUT2D eigenvalue weighted by Crippen LogP contribution is 2.22. The summed E-state index contributed by atoms with van der Waals surface area (Å²) < 4.78 is 0. The van der Waals surface area contributed by atoms with Crippen molar-refractivity contribution in [3.8, 4) is 11.4 Å². The van der Waals surface area contributed by atoms with Gasteiger partial charge in [-0.3, -0.25) is 4.98 Å². The maximum atomic E-state index is 5.40. The van der Waals surface area contributed by atoms with E-state index in [1.807, 2.05) is 23.6 Å². The fourth-order valence-corrected chi connectivity index (χ4v) is 1.90. The second-order valence-electron chi connectivity index (χ2n) is 2.97. The third kappa shape index (κ3) is 2.51. The molecule has 0 unspecified atom stereocenters. The second-order valence-corrected chi connectivity index (χ2v) is 3.83. The molecule has 0 spiro atoms. The van der Waals surface area contributed by atoms with E-state index >= 15 is 0 Å². The number of rotatable bonds is 4. The van der Waals surface area contributed by atoms with E-state index in [1.165, 1.54) is 0 Å². The molecule has 4 nitrogen and oxygen atoms in total. The van der Waals surface area contributed by atoms with Crippen LogP contribution in [0.4, 0.5) is 5.13 Å². The molecule has 0 amide bonds. The first-order chi connectivity index (χ1) is 7.40. The van der Waals surface area contributed by atoms with Crippen LogP contribution in [0.5, 0.6) is 0 Å². The normalized spacial score (nSPS) is 10.2. The van der Waals surface area contributed by atoms with Crippen molar-refractivity contribution in [1.82, 2.24) is 9.97 Å². The van der Waals surface area contributed by atoms with Crippen molar-refractivity contribution in [1.29, 1.82) is 0 Å². The number of hydrogen-bond donors (Lipinski definition) is 2. The smallest absolute Gasteiger partial charge is 0.183 e. The molecule has 0 aromatic carbocycles. The number of nitrogens with one attached hydrogen (secondary N) is 1. The van der Waals surface area contributed by atoms with E-state index < -0.39 is 0 Å². The molecule has 0 aliphatic carbocycles. The van der Waals surface area contributed by atoms with Gasteiger partial charge in [0.2, 0.25) is 0 Å². The Labute approximate surface area is 92.2 Å². The lowest BCUT2D eigenvalue weighted by molar-refractivity contribution is 1.02. The zero-order valence-electron chi connectivity index (χ0n) is 8.18. The van der Waals surface area contributed by atoms with E-state index in [1.54, 1.807) is 17.5 Å². The van der Waals surface area contributed by atoms with Crippen molar-refractivity contribution in [3.05, 3.63) is 29.8 Å². The number of hydrogen-bond acceptors (Lipinski definition) is 5. The van der Waals surface area contributed by atoms with Crippen molar-refractivity contribution in [2.75, 3.05) is 18.4 Å². The van der Waals surface area contributed by atoms with Crippen LogP contribution < -0.4 is 11.1 Å². The summed E-state index contributed by atoms with van der Waals surface area (Å²) in [6, 6.07) is 5.79. The Hall–Kier alpha value is -1.46. The van der Waals surface area contributed by atoms with Crippen molar-refractivity contribution in [2.45, 2.75) is 0 Å². The Kier molecular flexibility index (Phi) is 3.26. The average molecular weight is 220 g/mol. The van der Waals surface area contributed by atoms with Crippen LogP contribution in [0.3, 0.4) is 0 Å². The van der Waals surface area contributed by atoms with Gasteiger partial charge < -0.3 is 11.1 Å². The van der Waals surface area contributed by atoms with Crippen LogP contribution in [0.15, 0.2) is 29.8 Å². The van der Waals surface area contributed by atoms with Crippen LogP contribution in [-0.4, -0.2) is 23.1 Å². The Morgan fingerprint density at radius 3 is 3.00 bits per heavy atom. The minimum Gasteiger partial charge on any atom is -0.360 e. The van der Waals surface area contributed by atoms with Crippen molar-refractivity contribution < 1.29 is 0 Å². The van der Waals surface area contributed by atoms with Gasteiger partial charge in [-0.15, -0.1) is 11.3 Å². The maximum Gasteiger partial charge on any atom is 0.183 e. The van der Waals surface area contributed by atoms with Crippen LogP contribution in [0.1, 0.15) is 0 Å². The highest BCUT2D eigenvalue weighted by molar-refractivity contribution is 7.14. The predicted molar refractivity (Wildman–Crippen MR) is 62.9 cm³/mol. The van der Waals surface area contributed by atoms with E-state index in [2.05, 4.69) is 15.3 Å². The van der Waals surface area contributed by atoms with E-state index in [4.69, 9.17) is 5.73 Å². The first-order valence-electron chi connectivity index (χ1n) is 4.71. The summed E-state index contributed by atoms with van der Waals surface area (Å²) in [5, 5.41) is 6.02. The van der Waals surface area contributed by atoms with E-state index in [0.29, 0.717) is 6.54 Å². The number of aromatic nitrogens is 2. The molecular weight excluding hydrogens is 208 g/mol. The number of nitrogens with two attached hydrogens (primary N) is 1. The number of pyridine rings is 1. The molecule has 0 aliphatic heterocycles. The zero-order chi connectivity index (χ0) is 10.5. The van der Waals surface area contributed by atoms with E-state index in [0.717, 1.165) is 23.1 Å². The molecule has 2 aromatic rings. The van der Waals surface area contributed by atoms with Gasteiger partial charge >= 0.3 is 0 Å². The molecule has 5 heteroatoms. The standard InChI is InChI=1S/C10H12N4S/c11-4-6-13-10-14-9(7-15-10)8-3-1-2-5-12-8/h1-3,5,7H,4,6,11H2,(H,13,14). The summed E-state index contributed by atoms with van der Waals surface area (Å²) >= 11 is 1.57. The van der Waals surface area contributed by atoms with Gasteiger partial charge in [0, 0.05) is 24.7 Å². The lowest BCUT2D eigenvalue weighted by Crippen LogP contribution is -2.12. The van der Waals surface area contributed by atoms with Gasteiger partial charge in [-0.2, -0.15) is 0 Å². The van der Waals surface area contributed by atoms with Crippen LogP contribution in [0, 0.1) is 0 Å². The van der Waals surface area contributed by atoms with Crippen molar-refractivity contribution >= 4 is 16.5 Å². The molecule has 2 heterocycles. The van der Waals surface area contributed by atoms with Crippen LogP contribution in [0.2, 0.25) is 0 Å². The van der Waals surface area contributed by atoms with Crippen LogP contribution >= 0.6 is 11.3 Å². The summed E-state index contributed by atoms with van der Waals surface area (Å²) in [6.07, 6.45) is 1.77. The molecular formula is C10H12N4S. The highest BCUT2D eigenvalue weighted by atomic mass is 32.1. The Balaban J connectivity index is 2.14. The zero-order valence-corrected chi connectivity index (χ0v) is 9.00. The van der Waals surface area contributed by atoms with Crippen molar-refractivity contribution in [3.63, 3.8) is 0 Å². The van der Waals surface area contributed by atoms with E-state index in [-0.39, 0.29) is 0 Å². The number of anilines is 1. The van der Waals surface area contributed by atoms with Crippen LogP contribution in [-0.2, 0) is 0 Å². The average Bonchev–Trinajstić information content (AvgIpc) is 2.76. The van der Waals surface area contributed by atoms with Gasteiger partial charge in [0.25, 0.3) is 0 Å². The molecule has 15 heavy (non-hydrogen) atoms.